The van der Waals surface area contributed by atoms with Crippen molar-refractivity contribution in [3.8, 4) is 0 Å². The highest BCUT2D eigenvalue weighted by atomic mass is 35.5. The summed E-state index contributed by atoms with van der Waals surface area (Å²) in [6.45, 7) is 3.40. The van der Waals surface area contributed by atoms with Gasteiger partial charge in [0.25, 0.3) is 0 Å². The molecule has 0 aliphatic heterocycles. The molecule has 0 aromatic carbocycles. The van der Waals surface area contributed by atoms with Gasteiger partial charge >= 0.3 is 0 Å². The zero-order valence-electron chi connectivity index (χ0n) is 11.4. The number of halogens is 1. The lowest BCUT2D eigenvalue weighted by molar-refractivity contribution is -0.132. The molecule has 1 atom stereocenters. The summed E-state index contributed by atoms with van der Waals surface area (Å²) in [5.41, 5.74) is 5.91. The fourth-order valence-corrected chi connectivity index (χ4v) is 2.73. The van der Waals surface area contributed by atoms with Crippen molar-refractivity contribution < 1.29 is 4.79 Å². The molecule has 0 aliphatic rings. The first-order valence-corrected chi connectivity index (χ1v) is 8.38. The number of thiazole rings is 1. The Kier molecular flexibility index (Phi) is 10.3. The van der Waals surface area contributed by atoms with Crippen molar-refractivity contribution in [2.45, 2.75) is 25.8 Å². The van der Waals surface area contributed by atoms with Gasteiger partial charge in [-0.3, -0.25) is 4.79 Å². The van der Waals surface area contributed by atoms with E-state index in [-0.39, 0.29) is 24.4 Å². The molecule has 19 heavy (non-hydrogen) atoms. The van der Waals surface area contributed by atoms with Gasteiger partial charge in [-0.2, -0.15) is 11.8 Å². The Morgan fingerprint density at radius 1 is 1.63 bits per heavy atom. The lowest BCUT2D eigenvalue weighted by Crippen LogP contribution is -2.44. The van der Waals surface area contributed by atoms with Gasteiger partial charge in [0.15, 0.2) is 0 Å². The first kappa shape index (κ1) is 18.7. The van der Waals surface area contributed by atoms with Gasteiger partial charge in [-0.1, -0.05) is 0 Å². The largest absolute Gasteiger partial charge is 0.341 e. The van der Waals surface area contributed by atoms with Gasteiger partial charge in [-0.15, -0.1) is 23.7 Å². The van der Waals surface area contributed by atoms with E-state index in [0.717, 1.165) is 23.6 Å². The molecule has 1 amide bonds. The zero-order valence-corrected chi connectivity index (χ0v) is 13.8. The van der Waals surface area contributed by atoms with Crippen LogP contribution in [-0.2, 0) is 11.2 Å². The van der Waals surface area contributed by atoms with Crippen LogP contribution in [0, 0.1) is 0 Å². The predicted molar refractivity (Wildman–Crippen MR) is 86.3 cm³/mol. The Morgan fingerprint density at radius 3 is 2.89 bits per heavy atom. The molecule has 0 saturated heterocycles. The maximum Gasteiger partial charge on any atom is 0.239 e. The monoisotopic (exact) mass is 323 g/mol. The third-order valence-electron chi connectivity index (χ3n) is 2.72. The fourth-order valence-electron chi connectivity index (χ4n) is 1.63. The number of rotatable bonds is 8. The highest BCUT2D eigenvalue weighted by Crippen LogP contribution is 2.07. The number of nitrogens with zero attached hydrogens (tertiary/aromatic N) is 2. The zero-order chi connectivity index (χ0) is 13.4. The van der Waals surface area contributed by atoms with Crippen molar-refractivity contribution in [2.75, 3.05) is 25.1 Å². The van der Waals surface area contributed by atoms with Gasteiger partial charge in [0.1, 0.15) is 0 Å². The number of hydrogen-bond acceptors (Lipinski definition) is 5. The van der Waals surface area contributed by atoms with Gasteiger partial charge in [-0.25, -0.2) is 4.98 Å². The summed E-state index contributed by atoms with van der Waals surface area (Å²) in [6.07, 6.45) is 5.37. The normalized spacial score (nSPS) is 11.7. The van der Waals surface area contributed by atoms with Crippen LogP contribution in [0.4, 0.5) is 0 Å². The number of hydrogen-bond donors (Lipinski definition) is 1. The predicted octanol–water partition coefficient (Wildman–Crippen LogP) is 2.04. The average Bonchev–Trinajstić information content (AvgIpc) is 2.89. The summed E-state index contributed by atoms with van der Waals surface area (Å²) < 4.78 is 0. The minimum Gasteiger partial charge on any atom is -0.341 e. The van der Waals surface area contributed by atoms with E-state index < -0.39 is 0 Å². The van der Waals surface area contributed by atoms with E-state index >= 15 is 0 Å². The first-order valence-electron chi connectivity index (χ1n) is 6.10. The summed E-state index contributed by atoms with van der Waals surface area (Å²) in [5, 5.41) is 3.02. The minimum absolute atomic E-state index is 0. The van der Waals surface area contributed by atoms with E-state index in [2.05, 4.69) is 4.98 Å². The van der Waals surface area contributed by atoms with E-state index in [1.54, 1.807) is 29.3 Å². The van der Waals surface area contributed by atoms with Crippen LogP contribution in [0.25, 0.3) is 0 Å². The van der Waals surface area contributed by atoms with E-state index in [9.17, 15) is 4.79 Å². The van der Waals surface area contributed by atoms with Crippen molar-refractivity contribution in [1.82, 2.24) is 9.88 Å². The number of carbonyl (C=O) groups is 1. The van der Waals surface area contributed by atoms with Gasteiger partial charge < -0.3 is 10.6 Å². The van der Waals surface area contributed by atoms with Crippen LogP contribution in [0.1, 0.15) is 18.4 Å². The highest BCUT2D eigenvalue weighted by molar-refractivity contribution is 7.98. The summed E-state index contributed by atoms with van der Waals surface area (Å²) in [7, 11) is 0. The van der Waals surface area contributed by atoms with E-state index in [0.29, 0.717) is 13.1 Å². The molecular formula is C12H22ClN3OS2. The van der Waals surface area contributed by atoms with Crippen LogP contribution < -0.4 is 5.73 Å². The molecule has 0 fully saturated rings. The number of aromatic nitrogens is 1. The standard InChI is InChI=1S/C12H21N3OS2.ClH/c1-3-15(7-4-11-14-6-9-18-11)12(16)10(13)5-8-17-2;/h6,9-10H,3-5,7-8,13H2,1-2H3;1H. The molecule has 1 aromatic heterocycles. The van der Waals surface area contributed by atoms with Crippen LogP contribution in [0.3, 0.4) is 0 Å². The fraction of sp³-hybridized carbons (Fsp3) is 0.667. The molecule has 0 saturated carbocycles. The Balaban J connectivity index is 0.00000324. The van der Waals surface area contributed by atoms with E-state index in [1.165, 1.54) is 0 Å². The molecule has 1 aromatic rings. The van der Waals surface area contributed by atoms with Gasteiger partial charge in [0.05, 0.1) is 11.0 Å². The number of nitrogens with two attached hydrogens (primary N) is 1. The maximum atomic E-state index is 12.1. The lowest BCUT2D eigenvalue weighted by atomic mass is 10.2. The van der Waals surface area contributed by atoms with Crippen molar-refractivity contribution >= 4 is 41.4 Å². The molecule has 1 unspecified atom stereocenters. The summed E-state index contributed by atoms with van der Waals surface area (Å²) >= 11 is 3.34. The Hall–Kier alpha value is -0.300. The molecular weight excluding hydrogens is 302 g/mol. The number of carbonyl (C=O) groups excluding carboxylic acids is 1. The lowest BCUT2D eigenvalue weighted by Gasteiger charge is -2.23. The third kappa shape index (κ3) is 6.61. The third-order valence-corrected chi connectivity index (χ3v) is 4.21. The van der Waals surface area contributed by atoms with Crippen LogP contribution in [0.5, 0.6) is 0 Å². The highest BCUT2D eigenvalue weighted by Gasteiger charge is 2.19. The van der Waals surface area contributed by atoms with Crippen LogP contribution in [0.15, 0.2) is 11.6 Å². The Bertz CT molecular complexity index is 349. The topological polar surface area (TPSA) is 59.2 Å². The Morgan fingerprint density at radius 2 is 2.37 bits per heavy atom. The van der Waals surface area contributed by atoms with E-state index in [1.807, 2.05) is 23.5 Å². The van der Waals surface area contributed by atoms with Gasteiger partial charge in [0, 0.05) is 31.1 Å². The quantitative estimate of drug-likeness (QED) is 0.795. The SMILES string of the molecule is CCN(CCc1nccs1)C(=O)C(N)CCSC.Cl. The molecule has 0 aliphatic carbocycles. The van der Waals surface area contributed by atoms with Crippen LogP contribution >= 0.6 is 35.5 Å². The Labute approximate surface area is 129 Å². The molecule has 0 radical (unpaired) electrons. The molecule has 2 N–H and O–H groups in total. The molecule has 4 nitrogen and oxygen atoms in total. The second kappa shape index (κ2) is 10.5. The summed E-state index contributed by atoms with van der Waals surface area (Å²) in [5.74, 6) is 0.986. The van der Waals surface area contributed by atoms with Crippen molar-refractivity contribution in [1.29, 1.82) is 0 Å². The molecule has 7 heteroatoms. The second-order valence-electron chi connectivity index (χ2n) is 3.98. The van der Waals surface area contributed by atoms with E-state index in [4.69, 9.17) is 5.73 Å². The maximum absolute atomic E-state index is 12.1. The number of likely N-dealkylation sites (N-methyl/N-ethyl adjacent to an activating group) is 1. The first-order chi connectivity index (χ1) is 8.69. The second-order valence-corrected chi connectivity index (χ2v) is 5.95. The van der Waals surface area contributed by atoms with Crippen molar-refractivity contribution in [3.05, 3.63) is 16.6 Å². The number of amides is 1. The van der Waals surface area contributed by atoms with Crippen molar-refractivity contribution in [2.24, 2.45) is 5.73 Å². The molecule has 1 rings (SSSR count). The molecule has 110 valence electrons. The number of thioether (sulfide) groups is 1. The molecule has 0 spiro atoms. The minimum atomic E-state index is -0.367. The van der Waals surface area contributed by atoms with Crippen LogP contribution in [0.2, 0.25) is 0 Å². The summed E-state index contributed by atoms with van der Waals surface area (Å²) in [4.78, 5) is 18.2. The van der Waals surface area contributed by atoms with Gasteiger partial charge in [0.2, 0.25) is 5.91 Å². The average molecular weight is 324 g/mol. The summed E-state index contributed by atoms with van der Waals surface area (Å²) in [6, 6.07) is -0.367. The van der Waals surface area contributed by atoms with Gasteiger partial charge in [-0.05, 0) is 25.4 Å². The molecule has 1 heterocycles. The smallest absolute Gasteiger partial charge is 0.239 e. The molecule has 0 bridgehead atoms. The van der Waals surface area contributed by atoms with Crippen molar-refractivity contribution in [3.63, 3.8) is 0 Å². The van der Waals surface area contributed by atoms with Crippen LogP contribution in [-0.4, -0.2) is 46.9 Å².